The van der Waals surface area contributed by atoms with Gasteiger partial charge in [-0.3, -0.25) is 9.78 Å². The van der Waals surface area contributed by atoms with Crippen LogP contribution in [0.3, 0.4) is 0 Å². The topological polar surface area (TPSA) is 66.2 Å². The lowest BCUT2D eigenvalue weighted by Gasteiger charge is -2.40. The van der Waals surface area contributed by atoms with Crippen molar-refractivity contribution in [3.8, 4) is 11.8 Å². The average molecular weight is 405 g/mol. The molecule has 4 bridgehead atoms. The van der Waals surface area contributed by atoms with Gasteiger partial charge in [-0.15, -0.1) is 0 Å². The van der Waals surface area contributed by atoms with Gasteiger partial charge >= 0.3 is 6.18 Å². The first-order valence-corrected chi connectivity index (χ1v) is 10.2. The van der Waals surface area contributed by atoms with E-state index in [1.807, 2.05) is 6.92 Å². The predicted octanol–water partition coefficient (Wildman–Crippen LogP) is 3.99. The van der Waals surface area contributed by atoms with Gasteiger partial charge in [0.15, 0.2) is 0 Å². The molecule has 2 saturated carbocycles. The van der Waals surface area contributed by atoms with Gasteiger partial charge in [0.1, 0.15) is 23.5 Å². The molecule has 3 heterocycles. The maximum atomic E-state index is 13.7. The molecule has 4 unspecified atom stereocenters. The molecule has 0 N–H and O–H groups in total. The summed E-state index contributed by atoms with van der Waals surface area (Å²) in [6.07, 6.45) is 0.330. The third-order valence-corrected chi connectivity index (χ3v) is 7.71. The highest BCUT2D eigenvalue weighted by atomic mass is 19.4. The van der Waals surface area contributed by atoms with E-state index in [2.05, 4.69) is 11.1 Å². The van der Waals surface area contributed by atoms with E-state index in [1.165, 1.54) is 6.20 Å². The number of rotatable bonds is 1. The number of likely N-dealkylation sites (tertiary alicyclic amines) is 1. The number of nitrogens with zero attached hydrogens (tertiary/aromatic N) is 3. The number of aromatic nitrogens is 1. The third-order valence-electron chi connectivity index (χ3n) is 7.71. The normalized spacial score (nSPS) is 37.6. The second-order valence-electron chi connectivity index (χ2n) is 9.10. The van der Waals surface area contributed by atoms with E-state index in [9.17, 15) is 23.2 Å². The number of pyridine rings is 1. The molecule has 5 nitrogen and oxygen atoms in total. The van der Waals surface area contributed by atoms with Crippen molar-refractivity contribution >= 4 is 5.91 Å². The molecule has 154 valence electrons. The summed E-state index contributed by atoms with van der Waals surface area (Å²) >= 11 is 0. The number of halogens is 3. The van der Waals surface area contributed by atoms with Crippen molar-refractivity contribution in [3.05, 3.63) is 23.5 Å². The number of amides is 1. The molecule has 6 atom stereocenters. The van der Waals surface area contributed by atoms with Gasteiger partial charge in [0.2, 0.25) is 5.91 Å². The molecule has 1 saturated heterocycles. The first kappa shape index (κ1) is 18.7. The minimum Gasteiger partial charge on any atom is -0.486 e. The van der Waals surface area contributed by atoms with Crippen LogP contribution in [-0.2, 0) is 4.79 Å². The Balaban J connectivity index is 1.45. The number of carbonyl (C=O) groups excluding carboxylic acids is 1. The molecule has 8 heteroatoms. The molecule has 1 amide bonds. The fourth-order valence-corrected chi connectivity index (χ4v) is 6.25. The van der Waals surface area contributed by atoms with E-state index in [0.29, 0.717) is 43.5 Å². The monoisotopic (exact) mass is 405 g/mol. The van der Waals surface area contributed by atoms with Gasteiger partial charge < -0.3 is 9.64 Å². The van der Waals surface area contributed by atoms with Crippen LogP contribution in [0.15, 0.2) is 12.4 Å². The van der Waals surface area contributed by atoms with Gasteiger partial charge in [-0.2, -0.15) is 18.4 Å². The summed E-state index contributed by atoms with van der Waals surface area (Å²) in [6, 6.07) is 1.85. The quantitative estimate of drug-likeness (QED) is 0.709. The molecule has 4 aliphatic rings. The molecule has 0 radical (unpaired) electrons. The molecule has 5 rings (SSSR count). The van der Waals surface area contributed by atoms with Crippen LogP contribution in [0, 0.1) is 34.5 Å². The van der Waals surface area contributed by atoms with Crippen molar-refractivity contribution in [3.63, 3.8) is 0 Å². The Bertz CT molecular complexity index is 911. The van der Waals surface area contributed by atoms with E-state index >= 15 is 0 Å². The minimum absolute atomic E-state index is 0.0324. The zero-order chi connectivity index (χ0) is 20.6. The Morgan fingerprint density at radius 2 is 2.10 bits per heavy atom. The summed E-state index contributed by atoms with van der Waals surface area (Å²) in [5.74, 6) is -1.24. The van der Waals surface area contributed by atoms with E-state index < -0.39 is 23.4 Å². The molecule has 0 spiro atoms. The lowest BCUT2D eigenvalue weighted by atomic mass is 9.70. The van der Waals surface area contributed by atoms with Gasteiger partial charge in [-0.25, -0.2) is 0 Å². The number of fused-ring (bicyclic) bond motifs is 6. The van der Waals surface area contributed by atoms with E-state index in [-0.39, 0.29) is 30.4 Å². The Kier molecular flexibility index (Phi) is 3.94. The van der Waals surface area contributed by atoms with Crippen LogP contribution < -0.4 is 4.74 Å². The number of nitriles is 1. The molecule has 1 aromatic rings. The van der Waals surface area contributed by atoms with Crippen LogP contribution in [0.25, 0.3) is 0 Å². The predicted molar refractivity (Wildman–Crippen MR) is 95.5 cm³/mol. The summed E-state index contributed by atoms with van der Waals surface area (Å²) in [5.41, 5.74) is 0.390. The Morgan fingerprint density at radius 1 is 1.34 bits per heavy atom. The number of alkyl halides is 3. The first-order valence-electron chi connectivity index (χ1n) is 10.2. The molecular formula is C21H22F3N3O2. The summed E-state index contributed by atoms with van der Waals surface area (Å²) in [7, 11) is 0. The third kappa shape index (κ3) is 2.59. The highest BCUT2D eigenvalue weighted by Crippen LogP contribution is 2.59. The van der Waals surface area contributed by atoms with Gasteiger partial charge in [-0.1, -0.05) is 6.92 Å². The van der Waals surface area contributed by atoms with E-state index in [1.54, 1.807) is 11.1 Å². The largest absolute Gasteiger partial charge is 0.486 e. The molecular weight excluding hydrogens is 383 g/mol. The van der Waals surface area contributed by atoms with Crippen LogP contribution in [0.5, 0.6) is 5.75 Å². The second-order valence-corrected chi connectivity index (χ2v) is 9.10. The van der Waals surface area contributed by atoms with Gasteiger partial charge in [-0.05, 0) is 38.0 Å². The number of ether oxygens (including phenoxy) is 1. The van der Waals surface area contributed by atoms with Crippen molar-refractivity contribution < 1.29 is 22.7 Å². The molecule has 29 heavy (non-hydrogen) atoms. The molecule has 0 aromatic carbocycles. The summed E-state index contributed by atoms with van der Waals surface area (Å²) < 4.78 is 46.1. The maximum absolute atomic E-state index is 13.7. The number of hydrogen-bond donors (Lipinski definition) is 0. The summed E-state index contributed by atoms with van der Waals surface area (Å²) in [5, 5.41) is 9.36. The highest BCUT2D eigenvalue weighted by Gasteiger charge is 2.60. The lowest BCUT2D eigenvalue weighted by molar-refractivity contribution is -0.198. The molecule has 1 aromatic heterocycles. The summed E-state index contributed by atoms with van der Waals surface area (Å²) in [4.78, 5) is 19.6. The van der Waals surface area contributed by atoms with Crippen LogP contribution in [-0.4, -0.2) is 34.6 Å². The van der Waals surface area contributed by atoms with Crippen molar-refractivity contribution in [2.45, 2.75) is 57.3 Å². The van der Waals surface area contributed by atoms with Crippen LogP contribution in [0.2, 0.25) is 0 Å². The van der Waals surface area contributed by atoms with E-state index in [4.69, 9.17) is 4.74 Å². The fraction of sp³-hybridized carbons (Fsp3) is 0.667. The van der Waals surface area contributed by atoms with Gasteiger partial charge in [0.25, 0.3) is 0 Å². The lowest BCUT2D eigenvalue weighted by Crippen LogP contribution is -2.46. The van der Waals surface area contributed by atoms with Crippen molar-refractivity contribution in [1.29, 1.82) is 5.26 Å². The zero-order valence-corrected chi connectivity index (χ0v) is 16.1. The zero-order valence-electron chi connectivity index (χ0n) is 16.1. The fourth-order valence-electron chi connectivity index (χ4n) is 6.25. The summed E-state index contributed by atoms with van der Waals surface area (Å²) in [6.45, 7) is 2.42. The number of carbonyl (C=O) groups is 1. The van der Waals surface area contributed by atoms with Crippen molar-refractivity contribution in [1.82, 2.24) is 9.88 Å². The maximum Gasteiger partial charge on any atom is 0.392 e. The standard InChI is InChI=1S/C21H22F3N3O2/c1-11-16-10-27(17(11)14-9-26-8-13(7-25)18(14)29-16)19(28)20-4-2-12(6-20)15(3-5-20)21(22,23)24/h8-9,11-12,15-17H,2-6,10H2,1H3/t11-,12?,15?,16+,17?,20?/m1/s1. The van der Waals surface area contributed by atoms with Gasteiger partial charge in [0.05, 0.1) is 18.5 Å². The minimum atomic E-state index is -4.19. The van der Waals surface area contributed by atoms with Crippen LogP contribution in [0.4, 0.5) is 13.2 Å². The second kappa shape index (κ2) is 6.10. The molecule has 2 aliphatic carbocycles. The SMILES string of the molecule is C[C@H]1C2c3cncc(C#N)c3O[C@H]1CN2C(=O)C12CCC(C1)C(C(F)(F)F)CC2. The first-order chi connectivity index (χ1) is 13.7. The Hall–Kier alpha value is -2.30. The van der Waals surface area contributed by atoms with Crippen LogP contribution in [0.1, 0.15) is 56.2 Å². The smallest absolute Gasteiger partial charge is 0.392 e. The highest BCUT2D eigenvalue weighted by molar-refractivity contribution is 5.84. The van der Waals surface area contributed by atoms with E-state index in [0.717, 1.165) is 5.56 Å². The molecule has 2 aliphatic heterocycles. The average Bonchev–Trinajstić information content (AvgIpc) is 3.11. The molecule has 3 fully saturated rings. The number of hydrogen-bond acceptors (Lipinski definition) is 4. The van der Waals surface area contributed by atoms with Crippen LogP contribution >= 0.6 is 0 Å². The Labute approximate surface area is 166 Å². The Morgan fingerprint density at radius 3 is 2.83 bits per heavy atom. The van der Waals surface area contributed by atoms with Gasteiger partial charge in [0, 0.05) is 29.3 Å². The van der Waals surface area contributed by atoms with Crippen molar-refractivity contribution in [2.24, 2.45) is 23.2 Å². The van der Waals surface area contributed by atoms with Crippen molar-refractivity contribution in [2.75, 3.05) is 6.54 Å².